The van der Waals surface area contributed by atoms with Crippen LogP contribution in [0.15, 0.2) is 47.7 Å². The summed E-state index contributed by atoms with van der Waals surface area (Å²) < 4.78 is 3.66. The number of aryl methyl sites for hydroxylation is 3. The average molecular weight is 356 g/mol. The van der Waals surface area contributed by atoms with Gasteiger partial charge in [0.15, 0.2) is 0 Å². The zero-order valence-electron chi connectivity index (χ0n) is 14.8. The van der Waals surface area contributed by atoms with Crippen LogP contribution >= 0.6 is 11.6 Å². The molecule has 0 aliphatic carbocycles. The van der Waals surface area contributed by atoms with Crippen molar-refractivity contribution in [1.29, 1.82) is 0 Å². The molecule has 2 aromatic heterocycles. The summed E-state index contributed by atoms with van der Waals surface area (Å²) >= 11 is 6.40. The predicted molar refractivity (Wildman–Crippen MR) is 102 cm³/mol. The minimum atomic E-state index is 0.0113. The molecule has 0 saturated heterocycles. The van der Waals surface area contributed by atoms with Gasteiger partial charge in [0, 0.05) is 41.8 Å². The first-order chi connectivity index (χ1) is 12.0. The molecule has 0 fully saturated rings. The van der Waals surface area contributed by atoms with Gasteiger partial charge in [0.1, 0.15) is 5.82 Å². The lowest BCUT2D eigenvalue weighted by molar-refractivity contribution is 0.796. The molecule has 0 amide bonds. The summed E-state index contributed by atoms with van der Waals surface area (Å²) in [6.07, 6.45) is 7.69. The molecule has 130 valence electrons. The summed E-state index contributed by atoms with van der Waals surface area (Å²) in [4.78, 5) is 16.4. The Morgan fingerprint density at radius 2 is 2.04 bits per heavy atom. The molecule has 0 atom stereocenters. The summed E-state index contributed by atoms with van der Waals surface area (Å²) in [7, 11) is 1.76. The molecule has 0 radical (unpaired) electrons. The molecule has 25 heavy (non-hydrogen) atoms. The Bertz CT molecular complexity index is 930. The molecule has 1 aromatic carbocycles. The highest BCUT2D eigenvalue weighted by molar-refractivity contribution is 6.31. The first-order valence-corrected chi connectivity index (χ1v) is 8.83. The second kappa shape index (κ2) is 7.28. The van der Waals surface area contributed by atoms with Gasteiger partial charge in [-0.2, -0.15) is 0 Å². The molecule has 0 saturated carbocycles. The zero-order valence-corrected chi connectivity index (χ0v) is 15.5. The van der Waals surface area contributed by atoms with Crippen LogP contribution in [0.4, 0.5) is 0 Å². The van der Waals surface area contributed by atoms with E-state index in [0.717, 1.165) is 34.8 Å². The minimum absolute atomic E-state index is 0.0113. The average Bonchev–Trinajstić information content (AvgIpc) is 3.03. The van der Waals surface area contributed by atoms with Crippen LogP contribution in [-0.4, -0.2) is 14.1 Å². The molecule has 0 spiro atoms. The van der Waals surface area contributed by atoms with Gasteiger partial charge in [-0.05, 0) is 36.6 Å². The molecule has 0 aliphatic rings. The third-order valence-corrected chi connectivity index (χ3v) is 4.69. The van der Waals surface area contributed by atoms with Gasteiger partial charge < -0.3 is 9.13 Å². The fraction of sp³-hybridized carbons (Fsp3) is 0.300. The van der Waals surface area contributed by atoms with Crippen molar-refractivity contribution < 1.29 is 0 Å². The first kappa shape index (κ1) is 17.5. The van der Waals surface area contributed by atoms with Crippen molar-refractivity contribution in [2.75, 3.05) is 0 Å². The third-order valence-electron chi connectivity index (χ3n) is 4.33. The molecule has 2 heterocycles. The second-order valence-electron chi connectivity index (χ2n) is 6.38. The number of nitrogens with zero attached hydrogens (tertiary/aromatic N) is 3. The Morgan fingerprint density at radius 1 is 1.24 bits per heavy atom. The highest BCUT2D eigenvalue weighted by Gasteiger charge is 2.11. The van der Waals surface area contributed by atoms with Gasteiger partial charge in [0.25, 0.3) is 5.56 Å². The zero-order chi connectivity index (χ0) is 18.0. The number of imidazole rings is 1. The maximum Gasteiger partial charge on any atom is 0.253 e. The van der Waals surface area contributed by atoms with E-state index in [9.17, 15) is 4.79 Å². The molecule has 0 aliphatic heterocycles. The highest BCUT2D eigenvalue weighted by atomic mass is 35.5. The highest BCUT2D eigenvalue weighted by Crippen LogP contribution is 2.23. The number of hydrogen-bond acceptors (Lipinski definition) is 2. The van der Waals surface area contributed by atoms with E-state index in [1.165, 1.54) is 5.56 Å². The Hall–Kier alpha value is -2.33. The van der Waals surface area contributed by atoms with Gasteiger partial charge in [-0.1, -0.05) is 37.1 Å². The van der Waals surface area contributed by atoms with Crippen molar-refractivity contribution in [3.63, 3.8) is 0 Å². The van der Waals surface area contributed by atoms with Crippen LogP contribution in [0, 0.1) is 6.92 Å². The summed E-state index contributed by atoms with van der Waals surface area (Å²) in [6, 6.07) is 8.10. The van der Waals surface area contributed by atoms with Crippen molar-refractivity contribution in [3.05, 3.63) is 74.9 Å². The Balaban J connectivity index is 1.98. The molecular formula is C20H22ClN3O. The predicted octanol–water partition coefficient (Wildman–Crippen LogP) is 4.21. The largest absolute Gasteiger partial charge is 0.326 e. The van der Waals surface area contributed by atoms with Crippen molar-refractivity contribution in [2.24, 2.45) is 7.05 Å². The van der Waals surface area contributed by atoms with Gasteiger partial charge >= 0.3 is 0 Å². The summed E-state index contributed by atoms with van der Waals surface area (Å²) in [5.74, 6) is 0.829. The second-order valence-corrected chi connectivity index (χ2v) is 6.79. The molecule has 3 rings (SSSR count). The number of aromatic nitrogens is 3. The topological polar surface area (TPSA) is 39.8 Å². The van der Waals surface area contributed by atoms with Crippen LogP contribution in [0.2, 0.25) is 5.02 Å². The van der Waals surface area contributed by atoms with Gasteiger partial charge in [-0.3, -0.25) is 4.79 Å². The normalized spacial score (nSPS) is 11.0. The number of hydrogen-bond donors (Lipinski definition) is 0. The summed E-state index contributed by atoms with van der Waals surface area (Å²) in [6.45, 7) is 4.64. The number of halogens is 1. The van der Waals surface area contributed by atoms with Gasteiger partial charge in [-0.15, -0.1) is 0 Å². The number of benzene rings is 1. The van der Waals surface area contributed by atoms with E-state index < -0.39 is 0 Å². The molecular weight excluding hydrogens is 334 g/mol. The quantitative estimate of drug-likeness (QED) is 0.687. The summed E-state index contributed by atoms with van der Waals surface area (Å²) in [5, 5.41) is 0.760. The van der Waals surface area contributed by atoms with Gasteiger partial charge in [0.05, 0.1) is 6.54 Å². The molecule has 0 bridgehead atoms. The van der Waals surface area contributed by atoms with Crippen molar-refractivity contribution in [3.8, 4) is 11.4 Å². The lowest BCUT2D eigenvalue weighted by Crippen LogP contribution is -2.18. The van der Waals surface area contributed by atoms with Gasteiger partial charge in [0.2, 0.25) is 0 Å². The lowest BCUT2D eigenvalue weighted by atomic mass is 10.1. The fourth-order valence-corrected chi connectivity index (χ4v) is 3.25. The Morgan fingerprint density at radius 3 is 2.76 bits per heavy atom. The minimum Gasteiger partial charge on any atom is -0.326 e. The van der Waals surface area contributed by atoms with E-state index in [0.29, 0.717) is 12.1 Å². The Labute approximate surface area is 152 Å². The molecule has 0 unspecified atom stereocenters. The molecule has 0 N–H and O–H groups in total. The van der Waals surface area contributed by atoms with Crippen molar-refractivity contribution >= 4 is 11.6 Å². The van der Waals surface area contributed by atoms with E-state index in [4.69, 9.17) is 11.6 Å². The van der Waals surface area contributed by atoms with E-state index in [2.05, 4.69) is 28.6 Å². The Kier molecular flexibility index (Phi) is 5.09. The van der Waals surface area contributed by atoms with Crippen LogP contribution in [-0.2, 0) is 20.0 Å². The monoisotopic (exact) mass is 355 g/mol. The van der Waals surface area contributed by atoms with E-state index >= 15 is 0 Å². The van der Waals surface area contributed by atoms with Crippen molar-refractivity contribution in [1.82, 2.24) is 14.1 Å². The van der Waals surface area contributed by atoms with Crippen LogP contribution < -0.4 is 5.56 Å². The van der Waals surface area contributed by atoms with E-state index in [-0.39, 0.29) is 5.56 Å². The van der Waals surface area contributed by atoms with Crippen LogP contribution in [0.25, 0.3) is 11.4 Å². The number of rotatable bonds is 5. The summed E-state index contributed by atoms with van der Waals surface area (Å²) in [5.41, 5.74) is 4.01. The lowest BCUT2D eigenvalue weighted by Gasteiger charge is -2.12. The van der Waals surface area contributed by atoms with E-state index in [1.54, 1.807) is 17.8 Å². The van der Waals surface area contributed by atoms with Crippen LogP contribution in [0.1, 0.15) is 30.0 Å². The molecule has 3 aromatic rings. The van der Waals surface area contributed by atoms with E-state index in [1.807, 2.05) is 31.5 Å². The number of pyridine rings is 1. The molecule has 5 heteroatoms. The maximum atomic E-state index is 11.9. The molecule has 4 nitrogen and oxygen atoms in total. The fourth-order valence-electron chi connectivity index (χ4n) is 3.07. The first-order valence-electron chi connectivity index (χ1n) is 8.45. The van der Waals surface area contributed by atoms with Gasteiger partial charge in [-0.25, -0.2) is 4.98 Å². The standard InChI is InChI=1S/C20H22ClN3O/c1-4-5-15-6-7-18(21)16(11-15)13-24-9-8-22-19(24)17-10-14(2)20(25)23(3)12-17/h6-12H,4-5,13H2,1-3H3. The SMILES string of the molecule is CCCc1ccc(Cl)c(Cn2ccnc2-c2cc(C)c(=O)n(C)c2)c1. The van der Waals surface area contributed by atoms with Crippen molar-refractivity contribution in [2.45, 2.75) is 33.2 Å². The van der Waals surface area contributed by atoms with Crippen LogP contribution in [0.5, 0.6) is 0 Å². The smallest absolute Gasteiger partial charge is 0.253 e. The van der Waals surface area contributed by atoms with Crippen LogP contribution in [0.3, 0.4) is 0 Å². The third kappa shape index (κ3) is 3.69. The maximum absolute atomic E-state index is 11.9.